The highest BCUT2D eigenvalue weighted by atomic mass is 16.4. The van der Waals surface area contributed by atoms with Gasteiger partial charge in [0.15, 0.2) is 0 Å². The molecule has 0 saturated carbocycles. The number of fused-ring (bicyclic) bond motifs is 9. The molecule has 216 valence electrons. The molecule has 0 saturated heterocycles. The first-order chi connectivity index (χ1) is 19.9. The van der Waals surface area contributed by atoms with Crippen LogP contribution in [-0.2, 0) is 4.79 Å². The summed E-state index contributed by atoms with van der Waals surface area (Å²) in [6.45, 7) is 19.5. The molecule has 0 fully saturated rings. The first-order valence-corrected chi connectivity index (χ1v) is 14.9. The zero-order valence-electron chi connectivity index (χ0n) is 25.6. The first-order valence-electron chi connectivity index (χ1n) is 14.9. The van der Waals surface area contributed by atoms with Gasteiger partial charge in [0, 0.05) is 39.7 Å². The number of aliphatic carboxylic acids is 1. The van der Waals surface area contributed by atoms with Crippen molar-refractivity contribution in [3.63, 3.8) is 0 Å². The molecule has 4 atom stereocenters. The molecule has 5 aliphatic rings. The lowest BCUT2D eigenvalue weighted by Crippen LogP contribution is -2.35. The van der Waals surface area contributed by atoms with E-state index in [1.807, 2.05) is 6.08 Å². The van der Waals surface area contributed by atoms with Crippen molar-refractivity contribution >= 4 is 29.5 Å². The van der Waals surface area contributed by atoms with Crippen LogP contribution in [0.2, 0.25) is 0 Å². The number of hydrogen-bond acceptors (Lipinski definition) is 4. The number of carboxylic acids is 1. The van der Waals surface area contributed by atoms with E-state index < -0.39 is 5.97 Å². The number of aromatic amines is 1. The number of aliphatic imine (C=N–C) groups is 2. The van der Waals surface area contributed by atoms with Gasteiger partial charge in [-0.25, -0.2) is 4.99 Å². The Morgan fingerprint density at radius 2 is 1.76 bits per heavy atom. The molecule has 6 nitrogen and oxygen atoms in total. The van der Waals surface area contributed by atoms with Crippen LogP contribution < -0.4 is 16.0 Å². The van der Waals surface area contributed by atoms with Gasteiger partial charge in [0.05, 0.1) is 28.9 Å². The van der Waals surface area contributed by atoms with Crippen LogP contribution in [-0.4, -0.2) is 33.5 Å². The fraction of sp³-hybridized carbons (Fsp3) is 0.361. The molecule has 2 unspecified atom stereocenters. The van der Waals surface area contributed by atoms with E-state index in [0.717, 1.165) is 55.9 Å². The number of H-pyrrole nitrogens is 1. The maximum absolute atomic E-state index is 11.6. The van der Waals surface area contributed by atoms with Gasteiger partial charge in [0.1, 0.15) is 0 Å². The van der Waals surface area contributed by atoms with E-state index in [0.29, 0.717) is 6.42 Å². The third kappa shape index (κ3) is 4.19. The Labute approximate surface area is 247 Å². The summed E-state index contributed by atoms with van der Waals surface area (Å²) in [5.41, 5.74) is 12.6. The van der Waals surface area contributed by atoms with Crippen LogP contribution in [0.3, 0.4) is 0 Å². The fourth-order valence-corrected chi connectivity index (χ4v) is 7.05. The number of nitrogens with one attached hydrogen (secondary N) is 2. The molecule has 0 aromatic carbocycles. The van der Waals surface area contributed by atoms with E-state index in [1.165, 1.54) is 22.3 Å². The predicted octanol–water partition coefficient (Wildman–Crippen LogP) is 5.64. The second-order valence-electron chi connectivity index (χ2n) is 12.5. The van der Waals surface area contributed by atoms with Gasteiger partial charge in [-0.1, -0.05) is 44.2 Å². The highest BCUT2D eigenvalue weighted by Gasteiger charge is 2.46. The van der Waals surface area contributed by atoms with Gasteiger partial charge < -0.3 is 15.4 Å². The molecule has 42 heavy (non-hydrogen) atoms. The minimum absolute atomic E-state index is 0.0294. The normalized spacial score (nSPS) is 30.1. The molecule has 0 radical (unpaired) electrons. The summed E-state index contributed by atoms with van der Waals surface area (Å²) in [5, 5.41) is 15.3. The summed E-state index contributed by atoms with van der Waals surface area (Å²) < 4.78 is 0. The average Bonchev–Trinajstić information content (AvgIpc) is 3.59. The first kappa shape index (κ1) is 28.0. The Kier molecular flexibility index (Phi) is 6.64. The van der Waals surface area contributed by atoms with E-state index in [4.69, 9.17) is 9.98 Å². The molecule has 6 rings (SSSR count). The topological polar surface area (TPSA) is 89.8 Å². The average molecular weight is 561 g/mol. The van der Waals surface area contributed by atoms with E-state index in [2.05, 4.69) is 102 Å². The quantitative estimate of drug-likeness (QED) is 0.445. The molecular weight excluding hydrogens is 520 g/mol. The molecule has 3 N–H and O–H groups in total. The summed E-state index contributed by atoms with van der Waals surface area (Å²) in [6, 6.07) is -0.0294. The molecule has 5 heterocycles. The van der Waals surface area contributed by atoms with Crippen LogP contribution in [0.4, 0.5) is 0 Å². The Balaban J connectivity index is 1.65. The maximum Gasteiger partial charge on any atom is 0.303 e. The van der Waals surface area contributed by atoms with Crippen molar-refractivity contribution in [1.29, 1.82) is 0 Å². The molecule has 0 spiro atoms. The van der Waals surface area contributed by atoms with Crippen LogP contribution in [0.1, 0.15) is 58.6 Å². The SMILES string of the molecule is C=CC1=C(C)C2=NC1=CC1NC(=C(CCC(=O)O)C1C)/C=c1\[nH]c(c(C)c1C)=CC1=N/C(=C\2)C2=CC=C(C)[C@@H](C)[C@]21C. The van der Waals surface area contributed by atoms with Crippen LogP contribution in [0.25, 0.3) is 12.2 Å². The van der Waals surface area contributed by atoms with E-state index in [1.54, 1.807) is 0 Å². The number of hydrogen-bond donors (Lipinski definition) is 3. The lowest BCUT2D eigenvalue weighted by Gasteiger charge is -2.37. The summed E-state index contributed by atoms with van der Waals surface area (Å²) >= 11 is 0. The molecule has 0 amide bonds. The van der Waals surface area contributed by atoms with Gasteiger partial charge >= 0.3 is 5.97 Å². The minimum atomic E-state index is -0.789. The second kappa shape index (κ2) is 9.97. The number of carbonyl (C=O) groups is 1. The summed E-state index contributed by atoms with van der Waals surface area (Å²) in [5.74, 6) is -0.396. The van der Waals surface area contributed by atoms with Gasteiger partial charge in [-0.15, -0.1) is 0 Å². The van der Waals surface area contributed by atoms with E-state index >= 15 is 0 Å². The van der Waals surface area contributed by atoms with Crippen molar-refractivity contribution in [3.05, 3.63) is 104 Å². The predicted molar refractivity (Wildman–Crippen MR) is 171 cm³/mol. The molecule has 1 aromatic heterocycles. The summed E-state index contributed by atoms with van der Waals surface area (Å²) in [7, 11) is 0. The molecule has 1 aromatic rings. The number of carboxylic acid groups (broad SMARTS) is 1. The van der Waals surface area contributed by atoms with Crippen LogP contribution in [0, 0.1) is 31.1 Å². The van der Waals surface area contributed by atoms with Gasteiger partial charge in [0.2, 0.25) is 0 Å². The molecule has 1 aliphatic carbocycles. The number of allylic oxidation sites excluding steroid dienone is 8. The monoisotopic (exact) mass is 560 g/mol. The van der Waals surface area contributed by atoms with Gasteiger partial charge in [-0.3, -0.25) is 9.79 Å². The molecule has 4 aliphatic heterocycles. The van der Waals surface area contributed by atoms with Crippen molar-refractivity contribution < 1.29 is 9.90 Å². The van der Waals surface area contributed by atoms with Crippen LogP contribution in [0.15, 0.2) is 91.9 Å². The van der Waals surface area contributed by atoms with Crippen LogP contribution >= 0.6 is 0 Å². The highest BCUT2D eigenvalue weighted by Crippen LogP contribution is 2.51. The van der Waals surface area contributed by atoms with E-state index in [9.17, 15) is 9.90 Å². The Morgan fingerprint density at radius 1 is 1.05 bits per heavy atom. The molecule has 6 heteroatoms. The van der Waals surface area contributed by atoms with E-state index in [-0.39, 0.29) is 29.7 Å². The number of nitrogens with zero attached hydrogens (tertiary/aromatic N) is 2. The third-order valence-electron chi connectivity index (χ3n) is 10.4. The van der Waals surface area contributed by atoms with Crippen molar-refractivity contribution in [1.82, 2.24) is 10.3 Å². The van der Waals surface area contributed by atoms with Gasteiger partial charge in [-0.2, -0.15) is 0 Å². The van der Waals surface area contributed by atoms with Crippen molar-refractivity contribution in [2.24, 2.45) is 27.2 Å². The lowest BCUT2D eigenvalue weighted by molar-refractivity contribution is -0.136. The smallest absolute Gasteiger partial charge is 0.303 e. The van der Waals surface area contributed by atoms with Gasteiger partial charge in [-0.05, 0) is 99.1 Å². The zero-order chi connectivity index (χ0) is 30.1. The van der Waals surface area contributed by atoms with Crippen molar-refractivity contribution in [3.8, 4) is 0 Å². The zero-order valence-corrected chi connectivity index (χ0v) is 25.6. The third-order valence-corrected chi connectivity index (χ3v) is 10.4. The molecule has 8 bridgehead atoms. The van der Waals surface area contributed by atoms with Gasteiger partial charge in [0.25, 0.3) is 0 Å². The summed E-state index contributed by atoms with van der Waals surface area (Å²) in [4.78, 5) is 25.7. The standard InChI is InChI=1S/C36H40N4O2/c1-9-24-21(5)29-16-33-26-12-10-18(2)23(7)36(26,8)34(40-33)17-30-20(4)19(3)27(37-30)14-32-25(11-13-35(41)42)22(6)28(39-32)15-31(24)38-29/h9-10,12,14-17,22-23,28,37,39H,1,11,13H2,2-8H3,(H,41,42)/b27-14-,30-17?,31-15?,33-16-/t22?,23-,28?,36-/m1/s1. The summed E-state index contributed by atoms with van der Waals surface area (Å²) in [6.07, 6.45) is 15.6. The number of aromatic nitrogens is 1. The fourth-order valence-electron chi connectivity index (χ4n) is 7.05. The Morgan fingerprint density at radius 3 is 2.45 bits per heavy atom. The largest absolute Gasteiger partial charge is 0.481 e. The van der Waals surface area contributed by atoms with Crippen molar-refractivity contribution in [2.75, 3.05) is 0 Å². The Bertz CT molecular complexity index is 1830. The maximum atomic E-state index is 11.6. The second-order valence-corrected chi connectivity index (χ2v) is 12.5. The number of rotatable bonds is 4. The van der Waals surface area contributed by atoms with Crippen LogP contribution in [0.5, 0.6) is 0 Å². The highest BCUT2D eigenvalue weighted by molar-refractivity contribution is 6.20. The molecular formula is C36H40N4O2. The lowest BCUT2D eigenvalue weighted by atomic mass is 9.64. The Hall–Kier alpha value is -4.19. The minimum Gasteiger partial charge on any atom is -0.481 e. The van der Waals surface area contributed by atoms with Crippen molar-refractivity contribution in [2.45, 2.75) is 67.3 Å².